The zero-order valence-electron chi connectivity index (χ0n) is 12.2. The van der Waals surface area contributed by atoms with Gasteiger partial charge in [0.05, 0.1) is 6.54 Å². The molecule has 1 amide bonds. The van der Waals surface area contributed by atoms with Crippen molar-refractivity contribution in [3.05, 3.63) is 51.7 Å². The third-order valence-electron chi connectivity index (χ3n) is 3.59. The lowest BCUT2D eigenvalue weighted by Crippen LogP contribution is -2.44. The fourth-order valence-electron chi connectivity index (χ4n) is 2.48. The van der Waals surface area contributed by atoms with Gasteiger partial charge in [-0.05, 0) is 18.9 Å². The Bertz CT molecular complexity index is 744. The van der Waals surface area contributed by atoms with Crippen molar-refractivity contribution < 1.29 is 9.53 Å². The molecule has 3 rings (SSSR count). The first-order valence-electron chi connectivity index (χ1n) is 7.24. The van der Waals surface area contributed by atoms with Crippen molar-refractivity contribution in [1.82, 2.24) is 20.1 Å². The van der Waals surface area contributed by atoms with Gasteiger partial charge >= 0.3 is 0 Å². The minimum absolute atomic E-state index is 0.143. The smallest absolute Gasteiger partial charge is 0.274 e. The number of carbonyl (C=O) groups excluding carboxylic acids is 1. The summed E-state index contributed by atoms with van der Waals surface area (Å²) in [4.78, 5) is 29.0. The van der Waals surface area contributed by atoms with Gasteiger partial charge in [0, 0.05) is 31.1 Å². The lowest BCUT2D eigenvalue weighted by atomic mass is 10.1. The van der Waals surface area contributed by atoms with Gasteiger partial charge in [-0.3, -0.25) is 14.6 Å². The number of rotatable bonds is 3. The van der Waals surface area contributed by atoms with Gasteiger partial charge in [-0.2, -0.15) is 5.10 Å². The van der Waals surface area contributed by atoms with E-state index in [9.17, 15) is 9.59 Å². The highest BCUT2D eigenvalue weighted by molar-refractivity contribution is 6.31. The maximum absolute atomic E-state index is 12.4. The van der Waals surface area contributed by atoms with Crippen LogP contribution in [-0.2, 0) is 0 Å². The molecule has 0 bridgehead atoms. The number of pyridine rings is 1. The predicted molar refractivity (Wildman–Crippen MR) is 83.7 cm³/mol. The van der Waals surface area contributed by atoms with Crippen LogP contribution in [-0.4, -0.2) is 45.2 Å². The van der Waals surface area contributed by atoms with Crippen LogP contribution in [0.4, 0.5) is 0 Å². The van der Waals surface area contributed by atoms with E-state index in [0.717, 1.165) is 12.8 Å². The van der Waals surface area contributed by atoms with Gasteiger partial charge in [0.2, 0.25) is 0 Å². The Labute approximate surface area is 137 Å². The van der Waals surface area contributed by atoms with Crippen molar-refractivity contribution in [2.24, 2.45) is 0 Å². The number of hydrogen-bond donors (Lipinski definition) is 1. The second kappa shape index (κ2) is 6.78. The van der Waals surface area contributed by atoms with Crippen LogP contribution in [0.2, 0.25) is 5.02 Å². The molecule has 120 valence electrons. The predicted octanol–water partition coefficient (Wildman–Crippen LogP) is 1.50. The molecule has 0 aliphatic carbocycles. The average Bonchev–Trinajstić information content (AvgIpc) is 2.57. The molecule has 1 aliphatic rings. The van der Waals surface area contributed by atoms with Crippen LogP contribution < -0.4 is 10.3 Å². The molecular formula is C15H15ClN4O3. The molecule has 2 aromatic rings. The second-order valence-corrected chi connectivity index (χ2v) is 5.65. The Balaban J connectivity index is 1.68. The van der Waals surface area contributed by atoms with Crippen LogP contribution in [0.25, 0.3) is 0 Å². The molecule has 3 heterocycles. The van der Waals surface area contributed by atoms with Crippen LogP contribution in [0.15, 0.2) is 35.4 Å². The molecule has 1 fully saturated rings. The minimum atomic E-state index is -0.339. The molecule has 23 heavy (non-hydrogen) atoms. The van der Waals surface area contributed by atoms with Crippen molar-refractivity contribution in [1.29, 1.82) is 0 Å². The average molecular weight is 335 g/mol. The number of halogens is 1. The summed E-state index contributed by atoms with van der Waals surface area (Å²) in [7, 11) is 0. The van der Waals surface area contributed by atoms with Gasteiger partial charge in [0.15, 0.2) is 0 Å². The Morgan fingerprint density at radius 3 is 3.00 bits per heavy atom. The van der Waals surface area contributed by atoms with Gasteiger partial charge in [0.1, 0.15) is 22.6 Å². The SMILES string of the molecule is O=C(c1ccc(=O)[nH]n1)N1CCC[C@H](Oc2ccncc2Cl)C1. The Kier molecular flexibility index (Phi) is 4.57. The summed E-state index contributed by atoms with van der Waals surface area (Å²) in [5, 5.41) is 6.49. The summed E-state index contributed by atoms with van der Waals surface area (Å²) in [6, 6.07) is 4.41. The van der Waals surface area contributed by atoms with Crippen LogP contribution >= 0.6 is 11.6 Å². The molecular weight excluding hydrogens is 320 g/mol. The first kappa shape index (κ1) is 15.5. The number of hydrogen-bond acceptors (Lipinski definition) is 5. The fourth-order valence-corrected chi connectivity index (χ4v) is 2.65. The fraction of sp³-hybridized carbons (Fsp3) is 0.333. The number of H-pyrrole nitrogens is 1. The topological polar surface area (TPSA) is 88.2 Å². The molecule has 1 atom stereocenters. The van der Waals surface area contributed by atoms with Crippen LogP contribution in [0.5, 0.6) is 5.75 Å². The van der Waals surface area contributed by atoms with Crippen molar-refractivity contribution >= 4 is 17.5 Å². The van der Waals surface area contributed by atoms with Crippen molar-refractivity contribution in [3.8, 4) is 5.75 Å². The number of carbonyl (C=O) groups is 1. The highest BCUT2D eigenvalue weighted by atomic mass is 35.5. The quantitative estimate of drug-likeness (QED) is 0.919. The molecule has 2 aromatic heterocycles. The van der Waals surface area contributed by atoms with Crippen LogP contribution in [0.1, 0.15) is 23.3 Å². The van der Waals surface area contributed by atoms with Crippen molar-refractivity contribution in [2.45, 2.75) is 18.9 Å². The number of nitrogens with one attached hydrogen (secondary N) is 1. The number of piperidine rings is 1. The first-order chi connectivity index (χ1) is 11.1. The normalized spacial score (nSPS) is 17.8. The third kappa shape index (κ3) is 3.68. The zero-order chi connectivity index (χ0) is 16.2. The summed E-state index contributed by atoms with van der Waals surface area (Å²) in [6.45, 7) is 1.07. The Morgan fingerprint density at radius 1 is 1.39 bits per heavy atom. The Hall–Kier alpha value is -2.41. The van der Waals surface area contributed by atoms with E-state index in [1.54, 1.807) is 17.2 Å². The molecule has 1 N–H and O–H groups in total. The zero-order valence-corrected chi connectivity index (χ0v) is 13.0. The van der Waals surface area contributed by atoms with E-state index in [4.69, 9.17) is 16.3 Å². The lowest BCUT2D eigenvalue weighted by molar-refractivity contribution is 0.0531. The van der Waals surface area contributed by atoms with E-state index in [0.29, 0.717) is 23.9 Å². The monoisotopic (exact) mass is 334 g/mol. The van der Waals surface area contributed by atoms with Gasteiger partial charge in [-0.25, -0.2) is 5.10 Å². The number of aromatic amines is 1. The highest BCUT2D eigenvalue weighted by Gasteiger charge is 2.26. The van der Waals surface area contributed by atoms with Gasteiger partial charge in [0.25, 0.3) is 11.5 Å². The summed E-state index contributed by atoms with van der Waals surface area (Å²) < 4.78 is 5.88. The second-order valence-electron chi connectivity index (χ2n) is 5.25. The number of aromatic nitrogens is 3. The standard InChI is InChI=1S/C15H15ClN4O3/c16-11-8-17-6-5-13(11)23-10-2-1-7-20(9-10)15(22)12-3-4-14(21)19-18-12/h3-6,8,10H,1-2,7,9H2,(H,19,21)/t10-/m0/s1. The van der Waals surface area contributed by atoms with Crippen molar-refractivity contribution in [3.63, 3.8) is 0 Å². The lowest BCUT2D eigenvalue weighted by Gasteiger charge is -2.32. The maximum atomic E-state index is 12.4. The highest BCUT2D eigenvalue weighted by Crippen LogP contribution is 2.25. The van der Waals surface area contributed by atoms with Gasteiger partial charge < -0.3 is 9.64 Å². The van der Waals surface area contributed by atoms with E-state index in [2.05, 4.69) is 15.2 Å². The van der Waals surface area contributed by atoms with E-state index >= 15 is 0 Å². The van der Waals surface area contributed by atoms with Crippen LogP contribution in [0, 0.1) is 0 Å². The van der Waals surface area contributed by atoms with Gasteiger partial charge in [-0.1, -0.05) is 11.6 Å². The van der Waals surface area contributed by atoms with Crippen molar-refractivity contribution in [2.75, 3.05) is 13.1 Å². The molecule has 0 aromatic carbocycles. The first-order valence-corrected chi connectivity index (χ1v) is 7.62. The van der Waals surface area contributed by atoms with E-state index in [-0.39, 0.29) is 23.3 Å². The summed E-state index contributed by atoms with van der Waals surface area (Å²) in [5.41, 5.74) is -0.124. The molecule has 1 aliphatic heterocycles. The largest absolute Gasteiger partial charge is 0.487 e. The number of nitrogens with zero attached hydrogens (tertiary/aromatic N) is 3. The van der Waals surface area contributed by atoms with E-state index in [1.165, 1.54) is 18.3 Å². The summed E-state index contributed by atoms with van der Waals surface area (Å²) >= 11 is 6.04. The summed E-state index contributed by atoms with van der Waals surface area (Å²) in [6.07, 6.45) is 4.64. The summed E-state index contributed by atoms with van der Waals surface area (Å²) in [5.74, 6) is 0.332. The maximum Gasteiger partial charge on any atom is 0.274 e. The third-order valence-corrected chi connectivity index (χ3v) is 3.88. The number of ether oxygens (including phenoxy) is 1. The molecule has 0 saturated carbocycles. The number of amides is 1. The minimum Gasteiger partial charge on any atom is -0.487 e. The van der Waals surface area contributed by atoms with E-state index in [1.807, 2.05) is 0 Å². The molecule has 0 unspecified atom stereocenters. The van der Waals surface area contributed by atoms with Crippen LogP contribution in [0.3, 0.4) is 0 Å². The van der Waals surface area contributed by atoms with E-state index < -0.39 is 0 Å². The molecule has 8 heteroatoms. The molecule has 0 spiro atoms. The number of likely N-dealkylation sites (tertiary alicyclic amines) is 1. The molecule has 7 nitrogen and oxygen atoms in total. The molecule has 0 radical (unpaired) electrons. The van der Waals surface area contributed by atoms with Gasteiger partial charge in [-0.15, -0.1) is 0 Å². The Morgan fingerprint density at radius 2 is 2.26 bits per heavy atom. The molecule has 1 saturated heterocycles.